The van der Waals surface area contributed by atoms with Crippen molar-refractivity contribution in [3.63, 3.8) is 0 Å². The molecule has 0 bridgehead atoms. The van der Waals surface area contributed by atoms with Gasteiger partial charge in [-0.3, -0.25) is 4.79 Å². The summed E-state index contributed by atoms with van der Waals surface area (Å²) in [5.41, 5.74) is 3.80. The van der Waals surface area contributed by atoms with Gasteiger partial charge in [0.05, 0.1) is 12.7 Å². The number of hydrogen-bond donors (Lipinski definition) is 1. The van der Waals surface area contributed by atoms with Gasteiger partial charge >= 0.3 is 0 Å². The van der Waals surface area contributed by atoms with Crippen LogP contribution in [0.5, 0.6) is 5.88 Å². The second-order valence-corrected chi connectivity index (χ2v) is 2.93. The second-order valence-electron chi connectivity index (χ2n) is 2.59. The van der Waals surface area contributed by atoms with E-state index in [2.05, 4.69) is 9.72 Å². The molecular formula is C8H7ClF2N2O2. The molecule has 0 aromatic carbocycles. The summed E-state index contributed by atoms with van der Waals surface area (Å²) in [6.45, 7) is 0. The molecule has 0 amide bonds. The zero-order valence-electron chi connectivity index (χ0n) is 7.63. The number of hydrogen-bond acceptors (Lipinski definition) is 4. The molecule has 0 unspecified atom stereocenters. The number of alkyl halides is 2. The van der Waals surface area contributed by atoms with Gasteiger partial charge in [-0.25, -0.2) is 13.8 Å². The van der Waals surface area contributed by atoms with E-state index in [1.54, 1.807) is 0 Å². The molecule has 0 spiro atoms. The predicted molar refractivity (Wildman–Crippen MR) is 50.3 cm³/mol. The van der Waals surface area contributed by atoms with Gasteiger partial charge in [0.2, 0.25) is 5.88 Å². The Labute approximate surface area is 89.0 Å². The molecule has 0 fully saturated rings. The molecule has 15 heavy (non-hydrogen) atoms. The van der Waals surface area contributed by atoms with Crippen LogP contribution in [0, 0.1) is 0 Å². The highest BCUT2D eigenvalue weighted by molar-refractivity contribution is 6.67. The molecule has 2 N–H and O–H groups in total. The fraction of sp³-hybridized carbons (Fsp3) is 0.250. The van der Waals surface area contributed by atoms with E-state index in [1.165, 1.54) is 7.11 Å². The smallest absolute Gasteiger partial charge is 0.271 e. The first-order chi connectivity index (χ1) is 6.97. The van der Waals surface area contributed by atoms with E-state index in [0.29, 0.717) is 0 Å². The molecule has 0 aliphatic rings. The van der Waals surface area contributed by atoms with E-state index in [-0.39, 0.29) is 11.6 Å². The lowest BCUT2D eigenvalue weighted by molar-refractivity contribution is 0.106. The van der Waals surface area contributed by atoms with E-state index in [9.17, 15) is 13.6 Å². The SMILES string of the molecule is COc1cc(N)c(C(F)F)c(C(=O)Cl)n1. The number of carbonyl (C=O) groups is 1. The number of ether oxygens (including phenoxy) is 1. The van der Waals surface area contributed by atoms with Gasteiger partial charge in [0.15, 0.2) is 0 Å². The number of anilines is 1. The largest absolute Gasteiger partial charge is 0.481 e. The number of halogens is 3. The lowest BCUT2D eigenvalue weighted by atomic mass is 10.1. The molecule has 0 radical (unpaired) electrons. The highest BCUT2D eigenvalue weighted by Gasteiger charge is 2.23. The molecule has 0 aliphatic carbocycles. The first-order valence-corrected chi connectivity index (χ1v) is 4.17. The third kappa shape index (κ3) is 2.33. The second kappa shape index (κ2) is 4.39. The number of methoxy groups -OCH3 is 1. The van der Waals surface area contributed by atoms with Gasteiger partial charge in [-0.1, -0.05) is 0 Å². The Balaban J connectivity index is 3.42. The number of rotatable bonds is 3. The summed E-state index contributed by atoms with van der Waals surface area (Å²) in [5.74, 6) is -0.0408. The van der Waals surface area contributed by atoms with Gasteiger partial charge < -0.3 is 10.5 Å². The van der Waals surface area contributed by atoms with Crippen molar-refractivity contribution in [3.8, 4) is 5.88 Å². The predicted octanol–water partition coefficient (Wildman–Crippen LogP) is 1.99. The maximum absolute atomic E-state index is 12.5. The quantitative estimate of drug-likeness (QED) is 0.815. The molecule has 1 heterocycles. The Hall–Kier alpha value is -1.43. The minimum atomic E-state index is -2.92. The van der Waals surface area contributed by atoms with Crippen molar-refractivity contribution < 1.29 is 18.3 Å². The topological polar surface area (TPSA) is 65.2 Å². The van der Waals surface area contributed by atoms with Crippen molar-refractivity contribution in [2.24, 2.45) is 0 Å². The van der Waals surface area contributed by atoms with Gasteiger partial charge in [0, 0.05) is 11.8 Å². The standard InChI is InChI=1S/C8H7ClF2N2O2/c1-15-4-2-3(12)5(8(10)11)6(13-4)7(9)14/h2,8H,1H3,(H2,12,13). The zero-order chi connectivity index (χ0) is 11.6. The average molecular weight is 237 g/mol. The van der Waals surface area contributed by atoms with Crippen molar-refractivity contribution in [1.29, 1.82) is 0 Å². The Morgan fingerprint density at radius 2 is 2.27 bits per heavy atom. The number of pyridine rings is 1. The van der Waals surface area contributed by atoms with E-state index in [1.807, 2.05) is 0 Å². The van der Waals surface area contributed by atoms with E-state index < -0.39 is 22.9 Å². The number of aromatic nitrogens is 1. The van der Waals surface area contributed by atoms with E-state index in [4.69, 9.17) is 17.3 Å². The van der Waals surface area contributed by atoms with Crippen LogP contribution in [0.3, 0.4) is 0 Å². The summed E-state index contributed by atoms with van der Waals surface area (Å²) in [6.07, 6.45) is -2.92. The molecule has 1 rings (SSSR count). The van der Waals surface area contributed by atoms with Gasteiger partial charge in [0.25, 0.3) is 11.7 Å². The van der Waals surface area contributed by atoms with Crippen LogP contribution in [-0.4, -0.2) is 17.3 Å². The van der Waals surface area contributed by atoms with Gasteiger partial charge in [-0.05, 0) is 11.6 Å². The van der Waals surface area contributed by atoms with E-state index in [0.717, 1.165) is 6.07 Å². The highest BCUT2D eigenvalue weighted by atomic mass is 35.5. The van der Waals surface area contributed by atoms with Crippen molar-refractivity contribution >= 4 is 22.5 Å². The summed E-state index contributed by atoms with van der Waals surface area (Å²) in [6, 6.07) is 1.10. The van der Waals surface area contributed by atoms with Crippen molar-refractivity contribution in [1.82, 2.24) is 4.98 Å². The Kier molecular flexibility index (Phi) is 3.41. The number of nitrogens with two attached hydrogens (primary N) is 1. The average Bonchev–Trinajstić information content (AvgIpc) is 2.15. The molecule has 82 valence electrons. The maximum Gasteiger partial charge on any atom is 0.271 e. The third-order valence-corrected chi connectivity index (χ3v) is 1.86. The number of carbonyl (C=O) groups excluding carboxylic acids is 1. The van der Waals surface area contributed by atoms with Crippen LogP contribution in [0.15, 0.2) is 6.07 Å². The minimum absolute atomic E-state index is 0.0408. The Morgan fingerprint density at radius 1 is 1.67 bits per heavy atom. The van der Waals surface area contributed by atoms with Crippen LogP contribution in [0.25, 0.3) is 0 Å². The lowest BCUT2D eigenvalue weighted by Crippen LogP contribution is -2.07. The van der Waals surface area contributed by atoms with Crippen LogP contribution in [0.4, 0.5) is 14.5 Å². The van der Waals surface area contributed by atoms with Crippen molar-refractivity contribution in [2.45, 2.75) is 6.43 Å². The monoisotopic (exact) mass is 236 g/mol. The summed E-state index contributed by atoms with van der Waals surface area (Å²) >= 11 is 5.11. The van der Waals surface area contributed by atoms with Crippen molar-refractivity contribution in [2.75, 3.05) is 12.8 Å². The summed E-state index contributed by atoms with van der Waals surface area (Å²) < 4.78 is 29.7. The van der Waals surface area contributed by atoms with E-state index >= 15 is 0 Å². The van der Waals surface area contributed by atoms with Crippen molar-refractivity contribution in [3.05, 3.63) is 17.3 Å². The zero-order valence-corrected chi connectivity index (χ0v) is 8.39. The van der Waals surface area contributed by atoms with Crippen LogP contribution < -0.4 is 10.5 Å². The van der Waals surface area contributed by atoms with Crippen LogP contribution in [0.1, 0.15) is 22.5 Å². The number of nitrogens with zero attached hydrogens (tertiary/aromatic N) is 1. The first kappa shape index (κ1) is 11.6. The molecule has 4 nitrogen and oxygen atoms in total. The van der Waals surface area contributed by atoms with Gasteiger partial charge in [0.1, 0.15) is 5.69 Å². The Bertz CT molecular complexity index is 398. The molecule has 0 saturated heterocycles. The van der Waals surface area contributed by atoms with Gasteiger partial charge in [-0.15, -0.1) is 0 Å². The van der Waals surface area contributed by atoms with Crippen LogP contribution >= 0.6 is 11.6 Å². The molecule has 0 atom stereocenters. The van der Waals surface area contributed by atoms with Crippen LogP contribution in [0.2, 0.25) is 0 Å². The van der Waals surface area contributed by atoms with Crippen LogP contribution in [-0.2, 0) is 0 Å². The molecule has 0 saturated carbocycles. The molecule has 0 aliphatic heterocycles. The maximum atomic E-state index is 12.5. The first-order valence-electron chi connectivity index (χ1n) is 3.79. The Morgan fingerprint density at radius 3 is 2.67 bits per heavy atom. The molecule has 7 heteroatoms. The molecule has 1 aromatic heterocycles. The minimum Gasteiger partial charge on any atom is -0.481 e. The normalized spacial score (nSPS) is 10.5. The summed E-state index contributed by atoms with van der Waals surface area (Å²) in [5, 5.41) is -1.10. The summed E-state index contributed by atoms with van der Waals surface area (Å²) in [7, 11) is 1.27. The van der Waals surface area contributed by atoms with Gasteiger partial charge in [-0.2, -0.15) is 0 Å². The number of nitrogen functional groups attached to an aromatic ring is 1. The lowest BCUT2D eigenvalue weighted by Gasteiger charge is -2.09. The fourth-order valence-electron chi connectivity index (χ4n) is 1.03. The highest BCUT2D eigenvalue weighted by Crippen LogP contribution is 2.30. The third-order valence-electron chi connectivity index (χ3n) is 1.68. The molecule has 1 aromatic rings. The summed E-state index contributed by atoms with van der Waals surface area (Å²) in [4.78, 5) is 14.4. The fourth-order valence-corrected chi connectivity index (χ4v) is 1.18. The molecular weight excluding hydrogens is 230 g/mol.